The van der Waals surface area contributed by atoms with E-state index in [4.69, 9.17) is 16.3 Å². The number of hydrogen-bond acceptors (Lipinski definition) is 2. The van der Waals surface area contributed by atoms with Crippen molar-refractivity contribution in [1.29, 1.82) is 0 Å². The third kappa shape index (κ3) is 1.40. The number of benzene rings is 1. The topological polar surface area (TPSA) is 21.6 Å². The van der Waals surface area contributed by atoms with Crippen LogP contribution in [0.3, 0.4) is 0 Å². The van der Waals surface area contributed by atoms with Gasteiger partial charge in [-0.05, 0) is 19.4 Å². The second-order valence-electron chi connectivity index (χ2n) is 3.32. The summed E-state index contributed by atoms with van der Waals surface area (Å²) in [6.07, 6.45) is 0.913. The number of hydrogen-bond donors (Lipinski definition) is 0. The Morgan fingerprint density at radius 1 is 1.43 bits per heavy atom. The summed E-state index contributed by atoms with van der Waals surface area (Å²) in [4.78, 5) is 4.39. The van der Waals surface area contributed by atoms with Crippen molar-refractivity contribution in [3.8, 4) is 5.75 Å². The monoisotopic (exact) mass is 209 g/mol. The van der Waals surface area contributed by atoms with Crippen LogP contribution in [0.2, 0.25) is 5.02 Å². The Balaban J connectivity index is 2.63. The molecular formula is C11H12ClNO. The van der Waals surface area contributed by atoms with Gasteiger partial charge < -0.3 is 4.74 Å². The van der Waals surface area contributed by atoms with Gasteiger partial charge in [0.1, 0.15) is 5.75 Å². The fourth-order valence-electron chi connectivity index (χ4n) is 1.83. The van der Waals surface area contributed by atoms with Gasteiger partial charge in [0.15, 0.2) is 0 Å². The molecule has 0 bridgehead atoms. The van der Waals surface area contributed by atoms with E-state index >= 15 is 0 Å². The van der Waals surface area contributed by atoms with Gasteiger partial charge in [-0.3, -0.25) is 4.99 Å². The second-order valence-corrected chi connectivity index (χ2v) is 3.73. The van der Waals surface area contributed by atoms with Gasteiger partial charge in [0.25, 0.3) is 0 Å². The van der Waals surface area contributed by atoms with E-state index in [-0.39, 0.29) is 0 Å². The van der Waals surface area contributed by atoms with Gasteiger partial charge in [-0.15, -0.1) is 0 Å². The van der Waals surface area contributed by atoms with Crippen molar-refractivity contribution in [2.75, 3.05) is 13.7 Å². The lowest BCUT2D eigenvalue weighted by Gasteiger charge is -2.18. The fourth-order valence-corrected chi connectivity index (χ4v) is 2.08. The first-order valence-corrected chi connectivity index (χ1v) is 4.98. The second kappa shape index (κ2) is 3.62. The maximum atomic E-state index is 6.04. The summed E-state index contributed by atoms with van der Waals surface area (Å²) in [6, 6.07) is 3.88. The van der Waals surface area contributed by atoms with Crippen molar-refractivity contribution >= 4 is 17.3 Å². The molecule has 1 aliphatic heterocycles. The molecule has 3 heteroatoms. The molecule has 0 aliphatic carbocycles. The summed E-state index contributed by atoms with van der Waals surface area (Å²) in [5.41, 5.74) is 3.42. The average molecular weight is 210 g/mol. The Hall–Kier alpha value is -1.02. The molecule has 0 aromatic heterocycles. The number of halogens is 1. The zero-order chi connectivity index (χ0) is 10.1. The number of rotatable bonds is 1. The van der Waals surface area contributed by atoms with E-state index in [1.54, 1.807) is 7.11 Å². The first-order valence-electron chi connectivity index (χ1n) is 4.61. The van der Waals surface area contributed by atoms with E-state index in [0.29, 0.717) is 5.02 Å². The molecule has 0 amide bonds. The van der Waals surface area contributed by atoms with E-state index in [2.05, 4.69) is 4.99 Å². The van der Waals surface area contributed by atoms with E-state index in [1.807, 2.05) is 19.1 Å². The van der Waals surface area contributed by atoms with Crippen LogP contribution in [-0.2, 0) is 6.42 Å². The van der Waals surface area contributed by atoms with Crippen LogP contribution in [0.15, 0.2) is 17.1 Å². The summed E-state index contributed by atoms with van der Waals surface area (Å²) < 4.78 is 5.30. The highest BCUT2D eigenvalue weighted by atomic mass is 35.5. The molecule has 0 spiro atoms. The molecule has 0 radical (unpaired) electrons. The number of ether oxygens (including phenoxy) is 1. The lowest BCUT2D eigenvalue weighted by molar-refractivity contribution is 0.409. The normalized spacial score (nSPS) is 14.6. The Morgan fingerprint density at radius 2 is 2.21 bits per heavy atom. The third-order valence-corrected chi connectivity index (χ3v) is 2.81. The minimum absolute atomic E-state index is 0.681. The number of methoxy groups -OCH3 is 1. The predicted octanol–water partition coefficient (Wildman–Crippen LogP) is 2.71. The molecule has 0 saturated carbocycles. The van der Waals surface area contributed by atoms with Crippen LogP contribution in [-0.4, -0.2) is 19.4 Å². The molecule has 0 unspecified atom stereocenters. The average Bonchev–Trinajstić information content (AvgIpc) is 2.18. The summed E-state index contributed by atoms with van der Waals surface area (Å²) in [6.45, 7) is 2.85. The summed E-state index contributed by atoms with van der Waals surface area (Å²) in [7, 11) is 1.66. The van der Waals surface area contributed by atoms with E-state index in [1.165, 1.54) is 5.56 Å². The molecule has 74 valence electrons. The molecule has 2 nitrogen and oxygen atoms in total. The predicted molar refractivity (Wildman–Crippen MR) is 58.8 cm³/mol. The Kier molecular flexibility index (Phi) is 2.46. The standard InChI is InChI=1S/C11H12ClNO/c1-7-8-3-4-10(12)11(14-2)9(8)5-6-13-7/h3-4H,5-6H2,1-2H3. The quantitative estimate of drug-likeness (QED) is 0.697. The van der Waals surface area contributed by atoms with Crippen LogP contribution >= 0.6 is 11.6 Å². The smallest absolute Gasteiger partial charge is 0.141 e. The molecule has 2 rings (SSSR count). The Morgan fingerprint density at radius 3 is 2.93 bits per heavy atom. The zero-order valence-electron chi connectivity index (χ0n) is 8.30. The van der Waals surface area contributed by atoms with Crippen LogP contribution in [0, 0.1) is 0 Å². The zero-order valence-corrected chi connectivity index (χ0v) is 9.06. The summed E-state index contributed by atoms with van der Waals surface area (Å²) in [5.74, 6) is 0.804. The fraction of sp³-hybridized carbons (Fsp3) is 0.364. The largest absolute Gasteiger partial charge is 0.495 e. The highest BCUT2D eigenvalue weighted by Gasteiger charge is 2.17. The SMILES string of the molecule is COc1c(Cl)ccc2c1CCN=C2C. The van der Waals surface area contributed by atoms with Crippen molar-refractivity contribution in [2.24, 2.45) is 4.99 Å². The molecule has 0 fully saturated rings. The number of fused-ring (bicyclic) bond motifs is 1. The van der Waals surface area contributed by atoms with Crippen molar-refractivity contribution in [3.05, 3.63) is 28.3 Å². The molecule has 14 heavy (non-hydrogen) atoms. The first-order chi connectivity index (χ1) is 6.74. The molecule has 1 aromatic carbocycles. The number of nitrogens with zero attached hydrogens (tertiary/aromatic N) is 1. The lowest BCUT2D eigenvalue weighted by atomic mass is 9.97. The van der Waals surface area contributed by atoms with E-state index in [0.717, 1.165) is 30.0 Å². The van der Waals surface area contributed by atoms with Gasteiger partial charge in [0.05, 0.1) is 12.1 Å². The molecule has 0 atom stereocenters. The van der Waals surface area contributed by atoms with Gasteiger partial charge in [-0.25, -0.2) is 0 Å². The van der Waals surface area contributed by atoms with E-state index < -0.39 is 0 Å². The Labute approximate surface area is 88.6 Å². The minimum Gasteiger partial charge on any atom is -0.495 e. The first kappa shape index (κ1) is 9.53. The molecule has 1 aliphatic rings. The van der Waals surface area contributed by atoms with Crippen LogP contribution in [0.1, 0.15) is 18.1 Å². The van der Waals surface area contributed by atoms with Gasteiger partial charge >= 0.3 is 0 Å². The molecule has 1 heterocycles. The van der Waals surface area contributed by atoms with E-state index in [9.17, 15) is 0 Å². The molecular weight excluding hydrogens is 198 g/mol. The highest BCUT2D eigenvalue weighted by molar-refractivity contribution is 6.32. The third-order valence-electron chi connectivity index (χ3n) is 2.52. The highest BCUT2D eigenvalue weighted by Crippen LogP contribution is 2.33. The van der Waals surface area contributed by atoms with Gasteiger partial charge in [0.2, 0.25) is 0 Å². The molecule has 0 saturated heterocycles. The molecule has 0 N–H and O–H groups in total. The van der Waals surface area contributed by atoms with Crippen LogP contribution in [0.25, 0.3) is 0 Å². The Bertz CT molecular complexity index is 399. The maximum absolute atomic E-state index is 6.04. The van der Waals surface area contributed by atoms with Crippen molar-refractivity contribution < 1.29 is 4.74 Å². The lowest BCUT2D eigenvalue weighted by Crippen LogP contribution is -2.11. The van der Waals surface area contributed by atoms with Gasteiger partial charge in [-0.1, -0.05) is 17.7 Å². The minimum atomic E-state index is 0.681. The van der Waals surface area contributed by atoms with Gasteiger partial charge in [0, 0.05) is 23.4 Å². The van der Waals surface area contributed by atoms with Crippen molar-refractivity contribution in [3.63, 3.8) is 0 Å². The summed E-state index contributed by atoms with van der Waals surface area (Å²) in [5, 5.41) is 0.681. The van der Waals surface area contributed by atoms with Gasteiger partial charge in [-0.2, -0.15) is 0 Å². The summed E-state index contributed by atoms with van der Waals surface area (Å²) >= 11 is 6.04. The van der Waals surface area contributed by atoms with Crippen LogP contribution in [0.5, 0.6) is 5.75 Å². The maximum Gasteiger partial charge on any atom is 0.141 e. The van der Waals surface area contributed by atoms with Crippen LogP contribution < -0.4 is 4.74 Å². The molecule has 1 aromatic rings. The van der Waals surface area contributed by atoms with Crippen LogP contribution in [0.4, 0.5) is 0 Å². The number of aliphatic imine (C=N–C) groups is 1. The van der Waals surface area contributed by atoms with Crippen molar-refractivity contribution in [2.45, 2.75) is 13.3 Å². The van der Waals surface area contributed by atoms with Crippen molar-refractivity contribution in [1.82, 2.24) is 0 Å².